The van der Waals surface area contributed by atoms with Gasteiger partial charge in [-0.2, -0.15) is 0 Å². The van der Waals surface area contributed by atoms with Crippen molar-refractivity contribution in [3.63, 3.8) is 0 Å². The van der Waals surface area contributed by atoms with Gasteiger partial charge in [-0.1, -0.05) is 77.2 Å². The number of hydrogen-bond acceptors (Lipinski definition) is 3. The molecule has 1 fully saturated rings. The van der Waals surface area contributed by atoms with Crippen molar-refractivity contribution in [2.75, 3.05) is 0 Å². The first-order valence-corrected chi connectivity index (χ1v) is 9.83. The van der Waals surface area contributed by atoms with Crippen LogP contribution in [0.1, 0.15) is 90.4 Å². The van der Waals surface area contributed by atoms with Crippen molar-refractivity contribution in [3.05, 3.63) is 12.7 Å². The SMILES string of the molecule is C=C[C@@H](O)[C@H]1CC[C@@H]([C@@H](O)CCCCCCCCCCCC)O1. The molecule has 3 heteroatoms. The van der Waals surface area contributed by atoms with Crippen LogP contribution < -0.4 is 0 Å². The van der Waals surface area contributed by atoms with E-state index in [4.69, 9.17) is 4.74 Å². The molecule has 0 bridgehead atoms. The van der Waals surface area contributed by atoms with E-state index in [9.17, 15) is 10.2 Å². The fourth-order valence-corrected chi connectivity index (χ4v) is 3.40. The van der Waals surface area contributed by atoms with Crippen LogP contribution in [0.4, 0.5) is 0 Å². The third kappa shape index (κ3) is 8.88. The predicted molar refractivity (Wildman–Crippen MR) is 96.6 cm³/mol. The van der Waals surface area contributed by atoms with E-state index in [2.05, 4.69) is 13.5 Å². The summed E-state index contributed by atoms with van der Waals surface area (Å²) in [7, 11) is 0. The Balaban J connectivity index is 1.94. The first-order valence-electron chi connectivity index (χ1n) is 9.83. The van der Waals surface area contributed by atoms with Crippen LogP contribution in [0.5, 0.6) is 0 Å². The van der Waals surface area contributed by atoms with Crippen molar-refractivity contribution in [3.8, 4) is 0 Å². The third-order valence-corrected chi connectivity index (χ3v) is 4.99. The van der Waals surface area contributed by atoms with Gasteiger partial charge in [0, 0.05) is 0 Å². The van der Waals surface area contributed by atoms with Crippen LogP contribution >= 0.6 is 0 Å². The lowest BCUT2D eigenvalue weighted by Crippen LogP contribution is -2.30. The van der Waals surface area contributed by atoms with Gasteiger partial charge in [0.15, 0.2) is 0 Å². The van der Waals surface area contributed by atoms with E-state index in [-0.39, 0.29) is 18.3 Å². The van der Waals surface area contributed by atoms with Gasteiger partial charge < -0.3 is 14.9 Å². The second kappa shape index (κ2) is 13.0. The summed E-state index contributed by atoms with van der Waals surface area (Å²) in [5.74, 6) is 0. The number of ether oxygens (including phenoxy) is 1. The van der Waals surface area contributed by atoms with Crippen molar-refractivity contribution in [2.45, 2.75) is 115 Å². The molecule has 0 aromatic rings. The second-order valence-electron chi connectivity index (χ2n) is 7.05. The molecule has 0 amide bonds. The Kier molecular flexibility index (Phi) is 11.7. The lowest BCUT2D eigenvalue weighted by atomic mass is 10.0. The Morgan fingerprint density at radius 2 is 1.43 bits per heavy atom. The summed E-state index contributed by atoms with van der Waals surface area (Å²) in [5.41, 5.74) is 0. The summed E-state index contributed by atoms with van der Waals surface area (Å²) in [4.78, 5) is 0. The summed E-state index contributed by atoms with van der Waals surface area (Å²) < 4.78 is 5.75. The van der Waals surface area contributed by atoms with E-state index in [1.807, 2.05) is 0 Å². The average Bonchev–Trinajstić information content (AvgIpc) is 3.05. The zero-order valence-electron chi connectivity index (χ0n) is 15.1. The summed E-state index contributed by atoms with van der Waals surface area (Å²) >= 11 is 0. The number of rotatable bonds is 14. The Labute approximate surface area is 143 Å². The van der Waals surface area contributed by atoms with E-state index < -0.39 is 6.10 Å². The quantitative estimate of drug-likeness (QED) is 0.358. The third-order valence-electron chi connectivity index (χ3n) is 4.99. The van der Waals surface area contributed by atoms with Crippen LogP contribution in [0.15, 0.2) is 12.7 Å². The molecule has 4 atom stereocenters. The Bertz CT molecular complexity index is 293. The van der Waals surface area contributed by atoms with E-state index in [1.54, 1.807) is 0 Å². The van der Waals surface area contributed by atoms with E-state index in [0.29, 0.717) is 0 Å². The second-order valence-corrected chi connectivity index (χ2v) is 7.05. The summed E-state index contributed by atoms with van der Waals surface area (Å²) in [6, 6.07) is 0. The van der Waals surface area contributed by atoms with Gasteiger partial charge >= 0.3 is 0 Å². The van der Waals surface area contributed by atoms with Gasteiger partial charge in [0.2, 0.25) is 0 Å². The largest absolute Gasteiger partial charge is 0.390 e. The fraction of sp³-hybridized carbons (Fsp3) is 0.900. The molecule has 136 valence electrons. The molecule has 1 aliphatic heterocycles. The number of aliphatic hydroxyl groups is 2. The minimum Gasteiger partial charge on any atom is -0.390 e. The van der Waals surface area contributed by atoms with E-state index >= 15 is 0 Å². The number of unbranched alkanes of at least 4 members (excludes halogenated alkanes) is 9. The monoisotopic (exact) mass is 326 g/mol. The maximum absolute atomic E-state index is 10.2. The minimum absolute atomic E-state index is 0.104. The van der Waals surface area contributed by atoms with Crippen molar-refractivity contribution in [1.29, 1.82) is 0 Å². The van der Waals surface area contributed by atoms with E-state index in [0.717, 1.165) is 25.7 Å². The highest BCUT2D eigenvalue weighted by Gasteiger charge is 2.33. The minimum atomic E-state index is -0.607. The molecular weight excluding hydrogens is 288 g/mol. The molecule has 0 aromatic carbocycles. The molecule has 3 nitrogen and oxygen atoms in total. The Morgan fingerprint density at radius 3 is 2.00 bits per heavy atom. The molecule has 0 spiro atoms. The molecule has 0 radical (unpaired) electrons. The van der Waals surface area contributed by atoms with Crippen LogP contribution in [0.3, 0.4) is 0 Å². The maximum atomic E-state index is 10.2. The van der Waals surface area contributed by atoms with Gasteiger partial charge in [-0.15, -0.1) is 6.58 Å². The molecular formula is C20H38O3. The number of hydrogen-bond donors (Lipinski definition) is 2. The maximum Gasteiger partial charge on any atom is 0.0980 e. The normalized spacial score (nSPS) is 23.8. The van der Waals surface area contributed by atoms with Crippen molar-refractivity contribution in [1.82, 2.24) is 0 Å². The standard InChI is InChI=1S/C20H38O3/c1-3-5-6-7-8-9-10-11-12-13-14-18(22)20-16-15-19(23-20)17(21)4-2/h4,17-22H,2-3,5-16H2,1H3/t17-,18+,19-,20+/m1/s1. The smallest absolute Gasteiger partial charge is 0.0980 e. The van der Waals surface area contributed by atoms with Crippen molar-refractivity contribution >= 4 is 0 Å². The molecule has 0 aromatic heterocycles. The van der Waals surface area contributed by atoms with Crippen molar-refractivity contribution in [2.24, 2.45) is 0 Å². The zero-order valence-corrected chi connectivity index (χ0v) is 15.1. The van der Waals surface area contributed by atoms with E-state index in [1.165, 1.54) is 63.9 Å². The molecule has 1 rings (SSSR count). The van der Waals surface area contributed by atoms with Gasteiger partial charge in [0.1, 0.15) is 0 Å². The Hall–Kier alpha value is -0.380. The summed E-state index contributed by atoms with van der Waals surface area (Å²) in [6.45, 7) is 5.85. The van der Waals surface area contributed by atoms with Gasteiger partial charge in [-0.05, 0) is 19.3 Å². The Morgan fingerprint density at radius 1 is 0.913 bits per heavy atom. The molecule has 0 unspecified atom stereocenters. The van der Waals surface area contributed by atoms with Gasteiger partial charge in [-0.25, -0.2) is 0 Å². The lowest BCUT2D eigenvalue weighted by Gasteiger charge is -2.20. The molecule has 0 aliphatic carbocycles. The zero-order chi connectivity index (χ0) is 16.9. The highest BCUT2D eigenvalue weighted by molar-refractivity contribution is 4.90. The average molecular weight is 327 g/mol. The van der Waals surface area contributed by atoms with Crippen LogP contribution in [0, 0.1) is 0 Å². The van der Waals surface area contributed by atoms with Gasteiger partial charge in [0.05, 0.1) is 24.4 Å². The first-order chi connectivity index (χ1) is 11.2. The van der Waals surface area contributed by atoms with Crippen LogP contribution in [-0.2, 0) is 4.74 Å². The van der Waals surface area contributed by atoms with Crippen LogP contribution in [-0.4, -0.2) is 34.6 Å². The van der Waals surface area contributed by atoms with Gasteiger partial charge in [0.25, 0.3) is 0 Å². The highest BCUT2D eigenvalue weighted by atomic mass is 16.5. The first kappa shape index (κ1) is 20.7. The van der Waals surface area contributed by atoms with Crippen molar-refractivity contribution < 1.29 is 14.9 Å². The fourth-order valence-electron chi connectivity index (χ4n) is 3.40. The molecule has 1 aliphatic rings. The molecule has 1 heterocycles. The molecule has 2 N–H and O–H groups in total. The summed E-state index contributed by atoms with van der Waals surface area (Å²) in [5, 5.41) is 19.9. The van der Waals surface area contributed by atoms with Crippen LogP contribution in [0.2, 0.25) is 0 Å². The van der Waals surface area contributed by atoms with Crippen LogP contribution in [0.25, 0.3) is 0 Å². The predicted octanol–water partition coefficient (Wildman–Crippen LogP) is 4.75. The lowest BCUT2D eigenvalue weighted by molar-refractivity contribution is -0.0660. The molecule has 0 saturated carbocycles. The summed E-state index contributed by atoms with van der Waals surface area (Å²) in [6.07, 6.45) is 15.8. The molecule has 23 heavy (non-hydrogen) atoms. The topological polar surface area (TPSA) is 49.7 Å². The molecule has 1 saturated heterocycles. The van der Waals surface area contributed by atoms with Gasteiger partial charge in [-0.3, -0.25) is 0 Å². The highest BCUT2D eigenvalue weighted by Crippen LogP contribution is 2.26. The number of aliphatic hydroxyl groups excluding tert-OH is 2.